The van der Waals surface area contributed by atoms with Gasteiger partial charge in [0.2, 0.25) is 0 Å². The minimum absolute atomic E-state index is 0.0256. The van der Waals surface area contributed by atoms with Gasteiger partial charge in [0.25, 0.3) is 0 Å². The van der Waals surface area contributed by atoms with E-state index in [1.165, 1.54) is 0 Å². The normalized spacial score (nSPS) is 31.5. The molecule has 138 valence electrons. The van der Waals surface area contributed by atoms with E-state index in [2.05, 4.69) is 24.2 Å². The highest BCUT2D eigenvalue weighted by molar-refractivity contribution is 5.74. The van der Waals surface area contributed by atoms with Crippen LogP contribution in [0.3, 0.4) is 0 Å². The minimum Gasteiger partial charge on any atom is -0.375 e. The number of carbonyl (C=O) groups is 1. The summed E-state index contributed by atoms with van der Waals surface area (Å²) in [5.74, 6) is -0.194. The van der Waals surface area contributed by atoms with Crippen LogP contribution in [0.5, 0.6) is 0 Å². The zero-order valence-corrected chi connectivity index (χ0v) is 15.1. The van der Waals surface area contributed by atoms with E-state index in [1.807, 2.05) is 11.8 Å². The number of piperidine rings is 1. The van der Waals surface area contributed by atoms with Crippen molar-refractivity contribution in [3.05, 3.63) is 0 Å². The topological polar surface area (TPSA) is 63.3 Å². The molecule has 0 aliphatic carbocycles. The van der Waals surface area contributed by atoms with Gasteiger partial charge in [-0.05, 0) is 26.3 Å². The Morgan fingerprint density at radius 3 is 2.79 bits per heavy atom. The Kier molecular flexibility index (Phi) is 5.64. The van der Waals surface area contributed by atoms with Crippen molar-refractivity contribution in [3.63, 3.8) is 0 Å². The number of rotatable bonds is 4. The number of ether oxygens (including phenoxy) is 3. The second-order valence-corrected chi connectivity index (χ2v) is 7.52. The van der Waals surface area contributed by atoms with E-state index >= 15 is 0 Å². The molecular formula is C17H31N3O4. The van der Waals surface area contributed by atoms with Crippen LogP contribution in [0.25, 0.3) is 0 Å². The number of morpholine rings is 1. The zero-order chi connectivity index (χ0) is 17.2. The molecule has 0 aromatic heterocycles. The molecule has 0 aromatic rings. The molecule has 3 rings (SSSR count). The van der Waals surface area contributed by atoms with E-state index in [0.29, 0.717) is 31.7 Å². The number of urea groups is 1. The summed E-state index contributed by atoms with van der Waals surface area (Å²) < 4.78 is 17.1. The summed E-state index contributed by atoms with van der Waals surface area (Å²) in [6.07, 6.45) is 1.97. The van der Waals surface area contributed by atoms with Gasteiger partial charge in [-0.1, -0.05) is 6.92 Å². The van der Waals surface area contributed by atoms with Crippen LogP contribution in [0.2, 0.25) is 0 Å². The van der Waals surface area contributed by atoms with Crippen LogP contribution in [0, 0.1) is 5.92 Å². The molecule has 7 nitrogen and oxygen atoms in total. The lowest BCUT2D eigenvalue weighted by atomic mass is 9.99. The molecule has 0 saturated carbocycles. The van der Waals surface area contributed by atoms with Gasteiger partial charge in [0.05, 0.1) is 32.0 Å². The molecule has 0 radical (unpaired) electrons. The molecule has 3 heterocycles. The predicted molar refractivity (Wildman–Crippen MR) is 89.8 cm³/mol. The number of hydrogen-bond donors (Lipinski definition) is 1. The van der Waals surface area contributed by atoms with Gasteiger partial charge in [-0.25, -0.2) is 4.79 Å². The van der Waals surface area contributed by atoms with E-state index in [-0.39, 0.29) is 12.1 Å². The van der Waals surface area contributed by atoms with Crippen molar-refractivity contribution in [2.24, 2.45) is 5.92 Å². The first-order chi connectivity index (χ1) is 11.5. The van der Waals surface area contributed by atoms with E-state index in [4.69, 9.17) is 14.2 Å². The highest BCUT2D eigenvalue weighted by Gasteiger charge is 2.37. The molecule has 0 spiro atoms. The Labute approximate surface area is 144 Å². The highest BCUT2D eigenvalue weighted by Crippen LogP contribution is 2.26. The molecule has 24 heavy (non-hydrogen) atoms. The number of fused-ring (bicyclic) bond motifs is 1. The molecule has 7 heteroatoms. The van der Waals surface area contributed by atoms with Crippen molar-refractivity contribution in [3.8, 4) is 0 Å². The van der Waals surface area contributed by atoms with Gasteiger partial charge in [0, 0.05) is 32.6 Å². The number of likely N-dealkylation sites (tertiary alicyclic amines) is 1. The van der Waals surface area contributed by atoms with Gasteiger partial charge in [0.1, 0.15) is 0 Å². The fourth-order valence-electron chi connectivity index (χ4n) is 3.98. The van der Waals surface area contributed by atoms with E-state index < -0.39 is 5.79 Å². The Hall–Kier alpha value is -0.890. The molecule has 3 saturated heterocycles. The monoisotopic (exact) mass is 341 g/mol. The van der Waals surface area contributed by atoms with Gasteiger partial charge < -0.3 is 24.4 Å². The van der Waals surface area contributed by atoms with Crippen molar-refractivity contribution >= 4 is 6.03 Å². The summed E-state index contributed by atoms with van der Waals surface area (Å²) in [7, 11) is 2.12. The molecule has 0 aromatic carbocycles. The number of carbonyl (C=O) groups excluding carboxylic acids is 1. The summed E-state index contributed by atoms with van der Waals surface area (Å²) in [6, 6.07) is 0.340. The Balaban J connectivity index is 1.43. The van der Waals surface area contributed by atoms with Gasteiger partial charge >= 0.3 is 6.03 Å². The summed E-state index contributed by atoms with van der Waals surface area (Å²) in [4.78, 5) is 16.7. The average molecular weight is 341 g/mol. The molecule has 3 aliphatic heterocycles. The van der Waals surface area contributed by atoms with Gasteiger partial charge in [-0.15, -0.1) is 0 Å². The molecule has 3 atom stereocenters. The molecule has 2 amide bonds. The second-order valence-electron chi connectivity index (χ2n) is 7.52. The largest absolute Gasteiger partial charge is 0.375 e. The second kappa shape index (κ2) is 7.56. The standard InChI is InChI=1S/C17H31N3O4/c1-13(10-17(2)23-8-9-24-17)11-18-16(21)20-5-4-15-14(12-20)19(3)6-7-22-15/h13-15H,4-12H2,1-3H3,(H,18,21)/t13-,14-,15-/m0/s1. The van der Waals surface area contributed by atoms with Gasteiger partial charge in [-0.2, -0.15) is 0 Å². The third-order valence-corrected chi connectivity index (χ3v) is 5.37. The van der Waals surface area contributed by atoms with Gasteiger partial charge in [0.15, 0.2) is 5.79 Å². The van der Waals surface area contributed by atoms with E-state index in [1.54, 1.807) is 0 Å². The Morgan fingerprint density at radius 2 is 2.04 bits per heavy atom. The predicted octanol–water partition coefficient (Wildman–Crippen LogP) is 0.890. The van der Waals surface area contributed by atoms with Crippen LogP contribution in [0.15, 0.2) is 0 Å². The van der Waals surface area contributed by atoms with Crippen molar-refractivity contribution < 1.29 is 19.0 Å². The van der Waals surface area contributed by atoms with Gasteiger partial charge in [-0.3, -0.25) is 4.90 Å². The third-order valence-electron chi connectivity index (χ3n) is 5.37. The lowest BCUT2D eigenvalue weighted by Gasteiger charge is -2.45. The van der Waals surface area contributed by atoms with Crippen molar-refractivity contribution in [2.75, 3.05) is 53.0 Å². The van der Waals surface area contributed by atoms with Crippen molar-refractivity contribution in [1.82, 2.24) is 15.1 Å². The Morgan fingerprint density at radius 1 is 1.29 bits per heavy atom. The number of nitrogens with one attached hydrogen (secondary N) is 1. The fourth-order valence-corrected chi connectivity index (χ4v) is 3.98. The molecule has 0 bridgehead atoms. The lowest BCUT2D eigenvalue weighted by molar-refractivity contribution is -0.153. The van der Waals surface area contributed by atoms with Crippen LogP contribution in [0.4, 0.5) is 4.79 Å². The van der Waals surface area contributed by atoms with Crippen LogP contribution >= 0.6 is 0 Å². The van der Waals surface area contributed by atoms with Crippen LogP contribution < -0.4 is 5.32 Å². The fraction of sp³-hybridized carbons (Fsp3) is 0.941. The number of hydrogen-bond acceptors (Lipinski definition) is 5. The molecule has 3 fully saturated rings. The smallest absolute Gasteiger partial charge is 0.317 e. The van der Waals surface area contributed by atoms with Crippen LogP contribution in [-0.2, 0) is 14.2 Å². The maximum atomic E-state index is 12.5. The first kappa shape index (κ1) is 17.9. The molecular weight excluding hydrogens is 310 g/mol. The first-order valence-electron chi connectivity index (χ1n) is 9.09. The summed E-state index contributed by atoms with van der Waals surface area (Å²) in [5.41, 5.74) is 0. The zero-order valence-electron chi connectivity index (χ0n) is 15.1. The summed E-state index contributed by atoms with van der Waals surface area (Å²) >= 11 is 0. The quantitative estimate of drug-likeness (QED) is 0.823. The average Bonchev–Trinajstić information content (AvgIpc) is 2.99. The van der Waals surface area contributed by atoms with Crippen molar-refractivity contribution in [2.45, 2.75) is 44.6 Å². The maximum Gasteiger partial charge on any atom is 0.317 e. The number of nitrogens with zero attached hydrogens (tertiary/aromatic N) is 2. The van der Waals surface area contributed by atoms with E-state index in [0.717, 1.165) is 39.1 Å². The van der Waals surface area contributed by atoms with Crippen LogP contribution in [0.1, 0.15) is 26.7 Å². The molecule has 1 N–H and O–H groups in total. The van der Waals surface area contributed by atoms with Crippen LogP contribution in [-0.4, -0.2) is 86.8 Å². The maximum absolute atomic E-state index is 12.5. The third kappa shape index (κ3) is 4.20. The van der Waals surface area contributed by atoms with E-state index in [9.17, 15) is 4.79 Å². The molecule has 3 aliphatic rings. The van der Waals surface area contributed by atoms with Crippen molar-refractivity contribution in [1.29, 1.82) is 0 Å². The first-order valence-corrected chi connectivity index (χ1v) is 9.09. The number of likely N-dealkylation sites (N-methyl/N-ethyl adjacent to an activating group) is 1. The summed E-state index contributed by atoms with van der Waals surface area (Å²) in [5, 5.41) is 3.07. The summed E-state index contributed by atoms with van der Waals surface area (Å²) in [6.45, 7) is 9.27. The minimum atomic E-state index is -0.495. The Bertz CT molecular complexity index is 442. The molecule has 0 unspecified atom stereocenters. The highest BCUT2D eigenvalue weighted by atomic mass is 16.7. The SMILES string of the molecule is C[C@H](CNC(=O)N1CC[C@@H]2OCCN(C)[C@H]2C1)CC1(C)OCCO1. The lowest BCUT2D eigenvalue weighted by Crippen LogP contribution is -2.60. The number of amides is 2.